The summed E-state index contributed by atoms with van der Waals surface area (Å²) in [4.78, 5) is 30.8. The Labute approximate surface area is 196 Å². The number of nitrogens with zero attached hydrogens (tertiary/aromatic N) is 3. The highest BCUT2D eigenvalue weighted by Gasteiger charge is 2.32. The van der Waals surface area contributed by atoms with Gasteiger partial charge in [-0.3, -0.25) is 9.69 Å². The molecule has 0 aliphatic heterocycles. The van der Waals surface area contributed by atoms with Gasteiger partial charge in [-0.1, -0.05) is 13.8 Å². The Morgan fingerprint density at radius 3 is 2.59 bits per heavy atom. The van der Waals surface area contributed by atoms with Crippen molar-refractivity contribution in [3.8, 4) is 6.07 Å². The van der Waals surface area contributed by atoms with Crippen LogP contribution in [0.5, 0.6) is 0 Å². The van der Waals surface area contributed by atoms with E-state index < -0.39 is 0 Å². The van der Waals surface area contributed by atoms with E-state index in [-0.39, 0.29) is 23.8 Å². The van der Waals surface area contributed by atoms with E-state index in [4.69, 9.17) is 5.73 Å². The highest BCUT2D eigenvalue weighted by molar-refractivity contribution is 7.16. The minimum atomic E-state index is -0.325. The van der Waals surface area contributed by atoms with Gasteiger partial charge in [-0.25, -0.2) is 4.79 Å². The molecule has 4 N–H and O–H groups in total. The highest BCUT2D eigenvalue weighted by Crippen LogP contribution is 2.39. The molecule has 2 unspecified atom stereocenters. The normalized spacial score (nSPS) is 16.3. The second-order valence-electron chi connectivity index (χ2n) is 8.30. The number of nitrogens with two attached hydrogens (primary N) is 1. The molecule has 8 nitrogen and oxygen atoms in total. The highest BCUT2D eigenvalue weighted by atomic mass is 32.1. The molecule has 0 fully saturated rings. The van der Waals surface area contributed by atoms with Crippen LogP contribution in [0, 0.1) is 23.2 Å². The summed E-state index contributed by atoms with van der Waals surface area (Å²) in [7, 11) is 1.83. The smallest absolute Gasteiger partial charge is 0.324 e. The van der Waals surface area contributed by atoms with Gasteiger partial charge in [-0.15, -0.1) is 11.3 Å². The molecule has 1 aliphatic rings. The first-order chi connectivity index (χ1) is 15.4. The SMILES string of the molecule is CCN(CC)CCNC(=O)N(CC)C(=O)C(CNC)CC1CCc2sc(N)c(C#N)c2C1. The Bertz CT molecular complexity index is 814. The zero-order valence-corrected chi connectivity index (χ0v) is 20.7. The molecule has 0 saturated heterocycles. The second kappa shape index (κ2) is 12.8. The molecule has 2 atom stereocenters. The first-order valence-electron chi connectivity index (χ1n) is 11.7. The van der Waals surface area contributed by atoms with Gasteiger partial charge in [0.25, 0.3) is 0 Å². The fourth-order valence-corrected chi connectivity index (χ4v) is 5.56. The third kappa shape index (κ3) is 6.44. The van der Waals surface area contributed by atoms with Gasteiger partial charge < -0.3 is 21.3 Å². The van der Waals surface area contributed by atoms with Crippen molar-refractivity contribution in [2.24, 2.45) is 11.8 Å². The fraction of sp³-hybridized carbons (Fsp3) is 0.696. The number of hydrogen-bond acceptors (Lipinski definition) is 7. The summed E-state index contributed by atoms with van der Waals surface area (Å²) in [5.41, 5.74) is 7.68. The van der Waals surface area contributed by atoms with Crippen LogP contribution in [-0.2, 0) is 17.6 Å². The minimum absolute atomic E-state index is 0.140. The molecular formula is C23H38N6O2S. The molecule has 1 aliphatic carbocycles. The first-order valence-corrected chi connectivity index (χ1v) is 12.5. The third-order valence-electron chi connectivity index (χ3n) is 6.35. The summed E-state index contributed by atoms with van der Waals surface area (Å²) in [5, 5.41) is 16.1. The van der Waals surface area contributed by atoms with Gasteiger partial charge in [0.15, 0.2) is 0 Å². The number of nitriles is 1. The van der Waals surface area contributed by atoms with Crippen molar-refractivity contribution in [2.75, 3.05) is 52.0 Å². The molecule has 0 saturated carbocycles. The van der Waals surface area contributed by atoms with Crippen molar-refractivity contribution in [1.82, 2.24) is 20.4 Å². The molecule has 0 spiro atoms. The lowest BCUT2D eigenvalue weighted by atomic mass is 9.80. The van der Waals surface area contributed by atoms with Crippen LogP contribution >= 0.6 is 11.3 Å². The summed E-state index contributed by atoms with van der Waals surface area (Å²) in [6.45, 7) is 10.0. The number of carbonyl (C=O) groups is 2. The Morgan fingerprint density at radius 2 is 2.00 bits per heavy atom. The predicted octanol–water partition coefficient (Wildman–Crippen LogP) is 2.43. The van der Waals surface area contributed by atoms with Crippen molar-refractivity contribution in [2.45, 2.75) is 46.5 Å². The maximum absolute atomic E-state index is 13.3. The van der Waals surface area contributed by atoms with Crippen molar-refractivity contribution < 1.29 is 9.59 Å². The Hall–Kier alpha value is -2.15. The molecule has 2 rings (SSSR count). The van der Waals surface area contributed by atoms with Crippen LogP contribution in [0.2, 0.25) is 0 Å². The Balaban J connectivity index is 2.02. The summed E-state index contributed by atoms with van der Waals surface area (Å²) >= 11 is 1.52. The van der Waals surface area contributed by atoms with E-state index >= 15 is 0 Å². The maximum atomic E-state index is 13.3. The van der Waals surface area contributed by atoms with E-state index in [1.54, 1.807) is 0 Å². The second-order valence-corrected chi connectivity index (χ2v) is 9.43. The summed E-state index contributed by atoms with van der Waals surface area (Å²) in [6, 6.07) is 1.92. The number of thiophene rings is 1. The zero-order chi connectivity index (χ0) is 23.7. The molecule has 178 valence electrons. The minimum Gasteiger partial charge on any atom is -0.389 e. The summed E-state index contributed by atoms with van der Waals surface area (Å²) in [6.07, 6.45) is 3.30. The molecule has 1 aromatic rings. The van der Waals surface area contributed by atoms with Crippen LogP contribution in [0.3, 0.4) is 0 Å². The number of nitrogen functional groups attached to an aromatic ring is 1. The van der Waals surface area contributed by atoms with E-state index in [2.05, 4.69) is 35.5 Å². The number of amides is 3. The van der Waals surface area contributed by atoms with Crippen molar-refractivity contribution >= 4 is 28.3 Å². The molecular weight excluding hydrogens is 424 g/mol. The van der Waals surface area contributed by atoms with Crippen LogP contribution in [-0.4, -0.2) is 68.1 Å². The van der Waals surface area contributed by atoms with E-state index in [0.717, 1.165) is 44.5 Å². The van der Waals surface area contributed by atoms with Crippen LogP contribution in [0.25, 0.3) is 0 Å². The van der Waals surface area contributed by atoms with Gasteiger partial charge in [-0.2, -0.15) is 5.26 Å². The number of imide groups is 1. The maximum Gasteiger partial charge on any atom is 0.324 e. The van der Waals surface area contributed by atoms with Gasteiger partial charge in [-0.05, 0) is 64.2 Å². The van der Waals surface area contributed by atoms with Gasteiger partial charge >= 0.3 is 6.03 Å². The number of urea groups is 1. The predicted molar refractivity (Wildman–Crippen MR) is 130 cm³/mol. The number of anilines is 1. The van der Waals surface area contributed by atoms with Gasteiger partial charge in [0.2, 0.25) is 5.91 Å². The molecule has 1 aromatic heterocycles. The molecule has 0 bridgehead atoms. The lowest BCUT2D eigenvalue weighted by molar-refractivity contribution is -0.132. The number of nitrogens with one attached hydrogen (secondary N) is 2. The van der Waals surface area contributed by atoms with Gasteiger partial charge in [0.05, 0.1) is 11.5 Å². The quantitative estimate of drug-likeness (QED) is 0.465. The summed E-state index contributed by atoms with van der Waals surface area (Å²) in [5.74, 6) is -0.143. The first kappa shape index (κ1) is 26.1. The molecule has 0 radical (unpaired) electrons. The van der Waals surface area contributed by atoms with E-state index in [0.29, 0.717) is 36.6 Å². The molecule has 32 heavy (non-hydrogen) atoms. The van der Waals surface area contributed by atoms with Crippen LogP contribution in [0.4, 0.5) is 9.80 Å². The van der Waals surface area contributed by atoms with E-state index in [1.807, 2.05) is 14.0 Å². The molecule has 9 heteroatoms. The third-order valence-corrected chi connectivity index (χ3v) is 7.47. The van der Waals surface area contributed by atoms with Crippen molar-refractivity contribution in [3.63, 3.8) is 0 Å². The lowest BCUT2D eigenvalue weighted by Crippen LogP contribution is -2.49. The number of carbonyl (C=O) groups excluding carboxylic acids is 2. The number of aryl methyl sites for hydroxylation is 1. The fourth-order valence-electron chi connectivity index (χ4n) is 4.50. The Kier molecular flexibility index (Phi) is 10.4. The van der Waals surface area contributed by atoms with Crippen LogP contribution < -0.4 is 16.4 Å². The standard InChI is InChI=1S/C23H38N6O2S/c1-5-28(6-2)11-10-27-23(31)29(7-3)22(30)17(15-26-4)12-16-8-9-20-18(13-16)19(14-24)21(25)32-20/h16-17,26H,5-13,15,25H2,1-4H3,(H,27,31). The topological polar surface area (TPSA) is 114 Å². The van der Waals surface area contributed by atoms with Crippen LogP contribution in [0.15, 0.2) is 0 Å². The average Bonchev–Trinajstić information content (AvgIpc) is 3.11. The average molecular weight is 463 g/mol. The number of rotatable bonds is 11. The van der Waals surface area contributed by atoms with Crippen molar-refractivity contribution in [1.29, 1.82) is 5.26 Å². The van der Waals surface area contributed by atoms with E-state index in [9.17, 15) is 14.9 Å². The number of fused-ring (bicyclic) bond motifs is 1. The monoisotopic (exact) mass is 462 g/mol. The van der Waals surface area contributed by atoms with E-state index in [1.165, 1.54) is 21.1 Å². The molecule has 3 amide bonds. The Morgan fingerprint density at radius 1 is 1.28 bits per heavy atom. The van der Waals surface area contributed by atoms with Gasteiger partial charge in [0.1, 0.15) is 11.1 Å². The lowest BCUT2D eigenvalue weighted by Gasteiger charge is -2.29. The largest absolute Gasteiger partial charge is 0.389 e. The zero-order valence-electron chi connectivity index (χ0n) is 19.9. The number of likely N-dealkylation sites (N-methyl/N-ethyl adjacent to an activating group) is 1. The summed E-state index contributed by atoms with van der Waals surface area (Å²) < 4.78 is 0. The van der Waals surface area contributed by atoms with Crippen LogP contribution in [0.1, 0.15) is 49.6 Å². The number of hydrogen-bond donors (Lipinski definition) is 3. The van der Waals surface area contributed by atoms with Gasteiger partial charge in [0, 0.05) is 31.1 Å². The molecule has 0 aromatic carbocycles. The molecule has 1 heterocycles. The van der Waals surface area contributed by atoms with Crippen molar-refractivity contribution in [3.05, 3.63) is 16.0 Å².